The van der Waals surface area contributed by atoms with Crippen LogP contribution in [0.2, 0.25) is 0 Å². The molecule has 122 valence electrons. The Morgan fingerprint density at radius 2 is 2.18 bits per heavy atom. The van der Waals surface area contributed by atoms with Gasteiger partial charge < -0.3 is 15.3 Å². The highest BCUT2D eigenvalue weighted by Gasteiger charge is 2.26. The number of carbonyl (C=O) groups excluding carboxylic acids is 1. The smallest absolute Gasteiger partial charge is 0.257 e. The Bertz CT molecular complexity index is 504. The monoisotopic (exact) mass is 305 g/mol. The van der Waals surface area contributed by atoms with Crippen LogP contribution in [-0.4, -0.2) is 46.6 Å². The number of hydrogen-bond acceptors (Lipinski definition) is 4. The van der Waals surface area contributed by atoms with Crippen molar-refractivity contribution in [2.24, 2.45) is 5.92 Å². The van der Waals surface area contributed by atoms with Crippen LogP contribution in [0, 0.1) is 5.92 Å². The topological polar surface area (TPSA) is 65.5 Å². The quantitative estimate of drug-likeness (QED) is 0.877. The van der Waals surface area contributed by atoms with Gasteiger partial charge >= 0.3 is 0 Å². The van der Waals surface area contributed by atoms with E-state index in [1.54, 1.807) is 30.3 Å². The predicted octanol–water partition coefficient (Wildman–Crippen LogP) is 2.53. The van der Waals surface area contributed by atoms with Crippen LogP contribution in [0.5, 0.6) is 0 Å². The lowest BCUT2D eigenvalue weighted by Crippen LogP contribution is -2.38. The number of aromatic nitrogens is 1. The van der Waals surface area contributed by atoms with Gasteiger partial charge in [0.15, 0.2) is 0 Å². The van der Waals surface area contributed by atoms with Gasteiger partial charge in [-0.3, -0.25) is 4.79 Å². The summed E-state index contributed by atoms with van der Waals surface area (Å²) in [5, 5.41) is 13.3. The maximum atomic E-state index is 12.7. The average molecular weight is 305 g/mol. The van der Waals surface area contributed by atoms with Crippen LogP contribution in [0.3, 0.4) is 0 Å². The number of aliphatic hydroxyl groups is 1. The predicted molar refractivity (Wildman–Crippen MR) is 87.9 cm³/mol. The van der Waals surface area contributed by atoms with Crippen LogP contribution in [-0.2, 0) is 0 Å². The van der Waals surface area contributed by atoms with Gasteiger partial charge in [-0.05, 0) is 38.8 Å². The number of aliphatic hydroxyl groups excluding tert-OH is 1. The van der Waals surface area contributed by atoms with E-state index in [2.05, 4.69) is 10.3 Å². The highest BCUT2D eigenvalue weighted by molar-refractivity contribution is 5.98. The minimum Gasteiger partial charge on any atom is -0.393 e. The van der Waals surface area contributed by atoms with Crippen molar-refractivity contribution < 1.29 is 9.90 Å². The SMILES string of the molecule is CC(C)Nc1ncccc1C(=O)N(C)CC1CCCCC1O. The molecule has 2 unspecified atom stereocenters. The third kappa shape index (κ3) is 4.19. The molecule has 1 aromatic heterocycles. The minimum absolute atomic E-state index is 0.0472. The Kier molecular flexibility index (Phi) is 5.77. The second kappa shape index (κ2) is 7.58. The van der Waals surface area contributed by atoms with Gasteiger partial charge in [0.25, 0.3) is 5.91 Å². The van der Waals surface area contributed by atoms with Gasteiger partial charge in [0.05, 0.1) is 11.7 Å². The lowest BCUT2D eigenvalue weighted by atomic mass is 9.86. The van der Waals surface area contributed by atoms with Crippen molar-refractivity contribution in [1.82, 2.24) is 9.88 Å². The first kappa shape index (κ1) is 16.7. The van der Waals surface area contributed by atoms with E-state index in [1.807, 2.05) is 13.8 Å². The van der Waals surface area contributed by atoms with Crippen LogP contribution in [0.1, 0.15) is 49.9 Å². The third-order valence-electron chi connectivity index (χ3n) is 4.19. The van der Waals surface area contributed by atoms with Gasteiger partial charge in [0, 0.05) is 31.7 Å². The number of nitrogens with one attached hydrogen (secondary N) is 1. The van der Waals surface area contributed by atoms with Gasteiger partial charge in [-0.1, -0.05) is 12.8 Å². The molecule has 0 radical (unpaired) electrons. The van der Waals surface area contributed by atoms with Gasteiger partial charge in [0.1, 0.15) is 5.82 Å². The van der Waals surface area contributed by atoms with E-state index in [4.69, 9.17) is 0 Å². The highest BCUT2D eigenvalue weighted by Crippen LogP contribution is 2.25. The number of nitrogens with zero attached hydrogens (tertiary/aromatic N) is 2. The first-order chi connectivity index (χ1) is 10.5. The zero-order valence-corrected chi connectivity index (χ0v) is 13.7. The maximum Gasteiger partial charge on any atom is 0.257 e. The summed E-state index contributed by atoms with van der Waals surface area (Å²) in [5.41, 5.74) is 0.587. The molecule has 0 aromatic carbocycles. The van der Waals surface area contributed by atoms with Crippen LogP contribution in [0.4, 0.5) is 5.82 Å². The number of amides is 1. The molecule has 0 aliphatic heterocycles. The van der Waals surface area contributed by atoms with Crippen LogP contribution in [0.25, 0.3) is 0 Å². The fourth-order valence-electron chi connectivity index (χ4n) is 3.01. The highest BCUT2D eigenvalue weighted by atomic mass is 16.3. The average Bonchev–Trinajstić information content (AvgIpc) is 2.49. The Morgan fingerprint density at radius 3 is 2.86 bits per heavy atom. The van der Waals surface area contributed by atoms with Crippen molar-refractivity contribution >= 4 is 11.7 Å². The van der Waals surface area contributed by atoms with E-state index in [0.717, 1.165) is 25.7 Å². The molecule has 2 atom stereocenters. The van der Waals surface area contributed by atoms with Gasteiger partial charge in [-0.15, -0.1) is 0 Å². The van der Waals surface area contributed by atoms with Crippen molar-refractivity contribution in [3.8, 4) is 0 Å². The molecule has 1 saturated carbocycles. The van der Waals surface area contributed by atoms with E-state index in [-0.39, 0.29) is 24.0 Å². The standard InChI is InChI=1S/C17H27N3O2/c1-12(2)19-16-14(8-6-10-18-16)17(22)20(3)11-13-7-4-5-9-15(13)21/h6,8,10,12-13,15,21H,4-5,7,9,11H2,1-3H3,(H,18,19). The Balaban J connectivity index is 2.07. The first-order valence-electron chi connectivity index (χ1n) is 8.14. The van der Waals surface area contributed by atoms with Crippen LogP contribution >= 0.6 is 0 Å². The van der Waals surface area contributed by atoms with Gasteiger partial charge in [0.2, 0.25) is 0 Å². The molecule has 1 heterocycles. The lowest BCUT2D eigenvalue weighted by molar-refractivity contribution is 0.0451. The summed E-state index contributed by atoms with van der Waals surface area (Å²) >= 11 is 0. The third-order valence-corrected chi connectivity index (χ3v) is 4.19. The number of rotatable bonds is 5. The normalized spacial score (nSPS) is 21.7. The van der Waals surface area contributed by atoms with Crippen LogP contribution in [0.15, 0.2) is 18.3 Å². The maximum absolute atomic E-state index is 12.7. The first-order valence-corrected chi connectivity index (χ1v) is 8.14. The number of carbonyl (C=O) groups is 1. The Hall–Kier alpha value is -1.62. The summed E-state index contributed by atoms with van der Waals surface area (Å²) < 4.78 is 0. The van der Waals surface area contributed by atoms with E-state index in [1.165, 1.54) is 0 Å². The van der Waals surface area contributed by atoms with Crippen molar-refractivity contribution in [2.45, 2.75) is 51.7 Å². The lowest BCUT2D eigenvalue weighted by Gasteiger charge is -2.31. The summed E-state index contributed by atoms with van der Waals surface area (Å²) in [6, 6.07) is 3.79. The van der Waals surface area contributed by atoms with E-state index in [0.29, 0.717) is 17.9 Å². The zero-order valence-electron chi connectivity index (χ0n) is 13.7. The second-order valence-corrected chi connectivity index (χ2v) is 6.50. The van der Waals surface area contributed by atoms with Crippen molar-refractivity contribution in [2.75, 3.05) is 18.9 Å². The molecule has 5 heteroatoms. The molecule has 0 spiro atoms. The van der Waals surface area contributed by atoms with E-state index in [9.17, 15) is 9.90 Å². The van der Waals surface area contributed by atoms with Gasteiger partial charge in [-0.2, -0.15) is 0 Å². The van der Waals surface area contributed by atoms with Crippen molar-refractivity contribution in [3.05, 3.63) is 23.9 Å². The Labute approximate surface area is 132 Å². The summed E-state index contributed by atoms with van der Waals surface area (Å²) in [4.78, 5) is 18.7. The molecule has 1 aromatic rings. The summed E-state index contributed by atoms with van der Waals surface area (Å²) in [7, 11) is 1.80. The molecular weight excluding hydrogens is 278 g/mol. The number of anilines is 1. The molecule has 22 heavy (non-hydrogen) atoms. The molecule has 1 aliphatic carbocycles. The molecule has 2 N–H and O–H groups in total. The van der Waals surface area contributed by atoms with Gasteiger partial charge in [-0.25, -0.2) is 4.98 Å². The largest absolute Gasteiger partial charge is 0.393 e. The molecule has 1 aliphatic rings. The van der Waals surface area contributed by atoms with Crippen molar-refractivity contribution in [3.63, 3.8) is 0 Å². The Morgan fingerprint density at radius 1 is 1.45 bits per heavy atom. The fourth-order valence-corrected chi connectivity index (χ4v) is 3.01. The summed E-state index contributed by atoms with van der Waals surface area (Å²) in [6.07, 6.45) is 5.46. The fraction of sp³-hybridized carbons (Fsp3) is 0.647. The number of pyridine rings is 1. The molecule has 0 saturated heterocycles. The second-order valence-electron chi connectivity index (χ2n) is 6.50. The van der Waals surface area contributed by atoms with Crippen LogP contribution < -0.4 is 5.32 Å². The molecule has 1 amide bonds. The molecular formula is C17H27N3O2. The zero-order chi connectivity index (χ0) is 16.1. The van der Waals surface area contributed by atoms with E-state index >= 15 is 0 Å². The minimum atomic E-state index is -0.286. The summed E-state index contributed by atoms with van der Waals surface area (Å²) in [5.74, 6) is 0.758. The molecule has 5 nitrogen and oxygen atoms in total. The molecule has 0 bridgehead atoms. The van der Waals surface area contributed by atoms with Crippen molar-refractivity contribution in [1.29, 1.82) is 0 Å². The molecule has 2 rings (SSSR count). The summed E-state index contributed by atoms with van der Waals surface area (Å²) in [6.45, 7) is 4.63. The van der Waals surface area contributed by atoms with E-state index < -0.39 is 0 Å². The molecule has 1 fully saturated rings. The number of hydrogen-bond donors (Lipinski definition) is 2.